The van der Waals surface area contributed by atoms with Crippen molar-refractivity contribution in [3.8, 4) is 0 Å². The largest absolute Gasteiger partial charge is 0.381 e. The molecule has 1 aromatic rings. The molecule has 1 heterocycles. The molecule has 1 N–H and O–H groups in total. The van der Waals surface area contributed by atoms with Crippen molar-refractivity contribution in [2.75, 3.05) is 6.54 Å². The second kappa shape index (κ2) is 6.11. The Kier molecular flexibility index (Phi) is 3.91. The molecule has 0 saturated heterocycles. The van der Waals surface area contributed by atoms with Crippen molar-refractivity contribution in [2.45, 2.75) is 52.1 Å². The fourth-order valence-electron chi connectivity index (χ4n) is 5.59. The number of fused-ring (bicyclic) bond motifs is 2. The molecule has 1 aromatic carbocycles. The Labute approximate surface area is 175 Å². The van der Waals surface area contributed by atoms with E-state index in [0.29, 0.717) is 36.1 Å². The fraction of sp³-hybridized carbons (Fsp3) is 0.400. The first-order valence-corrected chi connectivity index (χ1v) is 10.6. The molecule has 0 aromatic heterocycles. The zero-order valence-corrected chi connectivity index (χ0v) is 17.5. The lowest BCUT2D eigenvalue weighted by atomic mass is 9.67. The van der Waals surface area contributed by atoms with Gasteiger partial charge in [-0.3, -0.25) is 19.3 Å². The van der Waals surface area contributed by atoms with Crippen LogP contribution in [0.2, 0.25) is 0 Å². The molecule has 0 unspecified atom stereocenters. The summed E-state index contributed by atoms with van der Waals surface area (Å²) in [6, 6.07) is 6.92. The molecule has 4 aliphatic rings. The van der Waals surface area contributed by atoms with E-state index in [9.17, 15) is 19.5 Å². The van der Waals surface area contributed by atoms with Crippen LogP contribution in [0.25, 0.3) is 0 Å². The average molecular weight is 403 g/mol. The number of amides is 2. The summed E-state index contributed by atoms with van der Waals surface area (Å²) in [5.74, 6) is -0.652. The van der Waals surface area contributed by atoms with Gasteiger partial charge in [0.25, 0.3) is 11.8 Å². The molecule has 0 radical (unpaired) electrons. The van der Waals surface area contributed by atoms with E-state index >= 15 is 0 Å². The molecule has 3 aliphatic carbocycles. The Balaban J connectivity index is 1.36. The molecular formula is C25H25NO4. The number of ketones is 1. The molecule has 5 nitrogen and oxygen atoms in total. The maximum atomic E-state index is 13.0. The van der Waals surface area contributed by atoms with Gasteiger partial charge in [0.05, 0.1) is 11.1 Å². The molecule has 0 bridgehead atoms. The Hall–Kier alpha value is -2.79. The van der Waals surface area contributed by atoms with Crippen molar-refractivity contribution in [3.63, 3.8) is 0 Å². The molecule has 2 amide bonds. The van der Waals surface area contributed by atoms with Gasteiger partial charge in [-0.1, -0.05) is 17.7 Å². The maximum absolute atomic E-state index is 13.0. The molecule has 5 rings (SSSR count). The molecule has 30 heavy (non-hydrogen) atoms. The monoisotopic (exact) mass is 403 g/mol. The van der Waals surface area contributed by atoms with Crippen LogP contribution in [-0.4, -0.2) is 39.7 Å². The van der Waals surface area contributed by atoms with E-state index in [2.05, 4.69) is 0 Å². The number of benzene rings is 1. The van der Waals surface area contributed by atoms with E-state index in [4.69, 9.17) is 0 Å². The smallest absolute Gasteiger partial charge is 0.261 e. The Morgan fingerprint density at radius 1 is 1.03 bits per heavy atom. The van der Waals surface area contributed by atoms with Crippen LogP contribution in [0.3, 0.4) is 0 Å². The first-order chi connectivity index (χ1) is 14.2. The highest BCUT2D eigenvalue weighted by Crippen LogP contribution is 2.65. The molecular weight excluding hydrogens is 378 g/mol. The highest BCUT2D eigenvalue weighted by Gasteiger charge is 2.64. The van der Waals surface area contributed by atoms with Gasteiger partial charge in [-0.15, -0.1) is 0 Å². The number of allylic oxidation sites excluding steroid dienone is 4. The summed E-state index contributed by atoms with van der Waals surface area (Å²) in [5, 5.41) is 11.0. The quantitative estimate of drug-likeness (QED) is 0.777. The maximum Gasteiger partial charge on any atom is 0.261 e. The number of hydrogen-bond acceptors (Lipinski definition) is 4. The van der Waals surface area contributed by atoms with E-state index in [1.807, 2.05) is 19.9 Å². The van der Waals surface area contributed by atoms with Gasteiger partial charge < -0.3 is 5.11 Å². The number of rotatable bonds is 4. The standard InChI is InChI=1S/C25H25NO4/c1-14-13-19-20(15(2)25(10-11-25)24(3,30)21(19)27)16(14)9-6-12-26-22(28)17-7-4-5-8-18(17)23(26)29/h4-5,7-8,13,30H,6,9-12H2,1-3H3/t24-/m0/s1. The second-order valence-corrected chi connectivity index (χ2v) is 9.11. The number of imide groups is 1. The van der Waals surface area contributed by atoms with E-state index in [-0.39, 0.29) is 17.6 Å². The van der Waals surface area contributed by atoms with Crippen LogP contribution in [0.4, 0.5) is 0 Å². The highest BCUT2D eigenvalue weighted by atomic mass is 16.3. The van der Waals surface area contributed by atoms with E-state index in [0.717, 1.165) is 35.1 Å². The number of carbonyl (C=O) groups excluding carboxylic acids is 3. The summed E-state index contributed by atoms with van der Waals surface area (Å²) < 4.78 is 0. The van der Waals surface area contributed by atoms with Gasteiger partial charge in [0.15, 0.2) is 5.78 Å². The van der Waals surface area contributed by atoms with Gasteiger partial charge in [0, 0.05) is 17.5 Å². The minimum absolute atomic E-state index is 0.185. The van der Waals surface area contributed by atoms with Crippen molar-refractivity contribution in [1.29, 1.82) is 0 Å². The SMILES string of the molecule is CC1=C(CCCN2C(=O)c3ccccc3C2=O)C2=C(C)C3(CC3)[C@@](C)(O)C(=O)C2=C1. The number of carbonyl (C=O) groups is 3. The topological polar surface area (TPSA) is 74.7 Å². The normalized spacial score (nSPS) is 26.6. The predicted octanol–water partition coefficient (Wildman–Crippen LogP) is 3.75. The Morgan fingerprint density at radius 3 is 2.20 bits per heavy atom. The molecule has 1 atom stereocenters. The summed E-state index contributed by atoms with van der Waals surface area (Å²) in [5.41, 5.74) is 4.00. The third kappa shape index (κ3) is 2.30. The summed E-state index contributed by atoms with van der Waals surface area (Å²) in [4.78, 5) is 39.5. The first-order valence-electron chi connectivity index (χ1n) is 10.6. The molecule has 154 valence electrons. The van der Waals surface area contributed by atoms with Crippen LogP contribution in [-0.2, 0) is 4.79 Å². The Morgan fingerprint density at radius 2 is 1.63 bits per heavy atom. The van der Waals surface area contributed by atoms with Crippen molar-refractivity contribution < 1.29 is 19.5 Å². The van der Waals surface area contributed by atoms with Gasteiger partial charge in [0.1, 0.15) is 5.60 Å². The van der Waals surface area contributed by atoms with Gasteiger partial charge in [-0.05, 0) is 81.4 Å². The summed E-state index contributed by atoms with van der Waals surface area (Å²) in [6.45, 7) is 6.03. The van der Waals surface area contributed by atoms with Gasteiger partial charge >= 0.3 is 0 Å². The molecule has 1 spiro atoms. The predicted molar refractivity (Wildman–Crippen MR) is 112 cm³/mol. The lowest BCUT2D eigenvalue weighted by Crippen LogP contribution is -2.49. The molecule has 1 aliphatic heterocycles. The lowest BCUT2D eigenvalue weighted by Gasteiger charge is -2.39. The van der Waals surface area contributed by atoms with Gasteiger partial charge in [0.2, 0.25) is 0 Å². The van der Waals surface area contributed by atoms with Crippen LogP contribution in [0.5, 0.6) is 0 Å². The zero-order chi connectivity index (χ0) is 21.4. The number of nitrogens with zero attached hydrogens (tertiary/aromatic N) is 1. The molecule has 5 heteroatoms. The van der Waals surface area contributed by atoms with Crippen LogP contribution in [0.1, 0.15) is 67.2 Å². The minimum atomic E-state index is -1.34. The number of aliphatic hydroxyl groups is 1. The van der Waals surface area contributed by atoms with Crippen LogP contribution >= 0.6 is 0 Å². The third-order valence-corrected chi connectivity index (χ3v) is 7.56. The first kappa shape index (κ1) is 19.2. The second-order valence-electron chi connectivity index (χ2n) is 9.11. The minimum Gasteiger partial charge on any atom is -0.381 e. The lowest BCUT2D eigenvalue weighted by molar-refractivity contribution is -0.137. The highest BCUT2D eigenvalue weighted by molar-refractivity contribution is 6.21. The summed E-state index contributed by atoms with van der Waals surface area (Å²) in [7, 11) is 0. The number of Topliss-reactive ketones (excluding diaryl/α,β-unsaturated/α-hetero) is 1. The van der Waals surface area contributed by atoms with Crippen LogP contribution < -0.4 is 0 Å². The molecule has 1 fully saturated rings. The zero-order valence-electron chi connectivity index (χ0n) is 17.5. The van der Waals surface area contributed by atoms with Crippen molar-refractivity contribution in [3.05, 3.63) is 69.3 Å². The number of hydrogen-bond donors (Lipinski definition) is 1. The fourth-order valence-corrected chi connectivity index (χ4v) is 5.59. The summed E-state index contributed by atoms with van der Waals surface area (Å²) in [6.07, 6.45) is 4.86. The molecule has 1 saturated carbocycles. The average Bonchev–Trinajstić information content (AvgIpc) is 3.43. The van der Waals surface area contributed by atoms with Crippen LogP contribution in [0, 0.1) is 5.41 Å². The van der Waals surface area contributed by atoms with E-state index < -0.39 is 11.0 Å². The van der Waals surface area contributed by atoms with Crippen molar-refractivity contribution in [1.82, 2.24) is 4.90 Å². The van der Waals surface area contributed by atoms with Gasteiger partial charge in [-0.25, -0.2) is 0 Å². The Bertz CT molecular complexity index is 1090. The van der Waals surface area contributed by atoms with Crippen LogP contribution in [0.15, 0.2) is 58.2 Å². The summed E-state index contributed by atoms with van der Waals surface area (Å²) >= 11 is 0. The third-order valence-electron chi connectivity index (χ3n) is 7.56. The van der Waals surface area contributed by atoms with Gasteiger partial charge in [-0.2, -0.15) is 0 Å². The van der Waals surface area contributed by atoms with Crippen molar-refractivity contribution >= 4 is 17.6 Å². The van der Waals surface area contributed by atoms with E-state index in [1.165, 1.54) is 4.90 Å². The van der Waals surface area contributed by atoms with E-state index in [1.54, 1.807) is 31.2 Å². The van der Waals surface area contributed by atoms with Crippen molar-refractivity contribution in [2.24, 2.45) is 5.41 Å².